The Hall–Kier alpha value is -2.18. The number of amides is 2. The number of aromatic nitrogens is 1. The van der Waals surface area contributed by atoms with E-state index >= 15 is 0 Å². The number of fused-ring (bicyclic) bond motifs is 4. The number of carbonyl (C=O) groups is 4. The van der Waals surface area contributed by atoms with E-state index < -0.39 is 23.7 Å². The van der Waals surface area contributed by atoms with Crippen molar-refractivity contribution in [1.82, 2.24) is 15.6 Å². The molecule has 4 bridgehead atoms. The topological polar surface area (TPSA) is 127 Å². The Morgan fingerprint density at radius 2 is 2.02 bits per heavy atom. The zero-order valence-corrected chi connectivity index (χ0v) is 26.9. The van der Waals surface area contributed by atoms with Crippen molar-refractivity contribution in [2.24, 2.45) is 10.9 Å². The summed E-state index contributed by atoms with van der Waals surface area (Å²) in [5.74, 6) is -0.424. The Morgan fingerprint density at radius 3 is 2.78 bits per heavy atom. The van der Waals surface area contributed by atoms with Crippen LogP contribution in [0.4, 0.5) is 0 Å². The molecule has 1 aromatic rings. The fourth-order valence-corrected chi connectivity index (χ4v) is 6.96. The van der Waals surface area contributed by atoms with E-state index in [1.54, 1.807) is 13.0 Å². The Morgan fingerprint density at radius 1 is 1.24 bits per heavy atom. The van der Waals surface area contributed by atoms with E-state index in [-0.39, 0.29) is 35.8 Å². The van der Waals surface area contributed by atoms with Gasteiger partial charge in [-0.15, -0.1) is 23.1 Å². The van der Waals surface area contributed by atoms with Gasteiger partial charge in [-0.2, -0.15) is 0 Å². The molecule has 0 fully saturated rings. The molecule has 3 rings (SSSR count). The number of nitrogens with one attached hydrogen (secondary N) is 2. The number of carbonyl (C=O) groups excluding carboxylic acids is 4. The molecule has 1 unspecified atom stereocenters. The molecular weight excluding hydrogens is 581 g/mol. The van der Waals surface area contributed by atoms with Crippen LogP contribution in [0.25, 0.3) is 0 Å². The van der Waals surface area contributed by atoms with Crippen LogP contribution < -0.4 is 10.6 Å². The van der Waals surface area contributed by atoms with Gasteiger partial charge in [0.25, 0.3) is 0 Å². The zero-order valence-electron chi connectivity index (χ0n) is 24.4. The van der Waals surface area contributed by atoms with Gasteiger partial charge in [0.05, 0.1) is 13.0 Å². The Bertz CT molecular complexity index is 1140. The highest BCUT2D eigenvalue weighted by Gasteiger charge is 2.41. The number of aliphatic imine (C=N–C) groups is 1. The first kappa shape index (κ1) is 33.3. The lowest BCUT2D eigenvalue weighted by molar-refractivity contribution is -0.153. The molecule has 0 aliphatic carbocycles. The summed E-state index contributed by atoms with van der Waals surface area (Å²) in [4.78, 5) is 60.7. The van der Waals surface area contributed by atoms with E-state index in [1.165, 1.54) is 54.1 Å². The number of nitrogens with zero attached hydrogens (tertiary/aromatic N) is 2. The lowest BCUT2D eigenvalue weighted by Crippen LogP contribution is -2.53. The fraction of sp³-hybridized carbons (Fsp3) is 0.655. The SMILES string of the molecule is CCCCCCCC(=O)SCC/C=C/[C@H]1CC(=O)NCc2nc(cs2)C2=N[C@](C)(CS2)C(=O)NC(C(C)C)C(=O)O1. The maximum Gasteiger partial charge on any atom is 0.329 e. The average Bonchev–Trinajstić information content (AvgIpc) is 3.56. The van der Waals surface area contributed by atoms with Crippen molar-refractivity contribution in [3.8, 4) is 0 Å². The minimum absolute atomic E-state index is 0.0661. The quantitative estimate of drug-likeness (QED) is 0.200. The molecule has 12 heteroatoms. The zero-order chi connectivity index (χ0) is 29.8. The molecule has 3 heterocycles. The summed E-state index contributed by atoms with van der Waals surface area (Å²) < 4.78 is 5.77. The van der Waals surface area contributed by atoms with Gasteiger partial charge in [-0.3, -0.25) is 19.4 Å². The Labute approximate surface area is 255 Å². The first-order valence-electron chi connectivity index (χ1n) is 14.4. The third-order valence-electron chi connectivity index (χ3n) is 6.78. The summed E-state index contributed by atoms with van der Waals surface area (Å²) in [7, 11) is 0. The maximum atomic E-state index is 13.3. The van der Waals surface area contributed by atoms with Crippen molar-refractivity contribution < 1.29 is 23.9 Å². The molecule has 2 N–H and O–H groups in total. The van der Waals surface area contributed by atoms with Gasteiger partial charge >= 0.3 is 5.97 Å². The van der Waals surface area contributed by atoms with Crippen LogP contribution in [0.3, 0.4) is 0 Å². The molecule has 0 saturated carbocycles. The number of thioether (sulfide) groups is 2. The fourth-order valence-electron chi connectivity index (χ4n) is 4.26. The van der Waals surface area contributed by atoms with Crippen molar-refractivity contribution in [2.75, 3.05) is 11.5 Å². The van der Waals surface area contributed by atoms with Crippen molar-refractivity contribution in [2.45, 2.75) is 103 Å². The summed E-state index contributed by atoms with van der Waals surface area (Å²) in [5.41, 5.74) is -0.354. The summed E-state index contributed by atoms with van der Waals surface area (Å²) in [6, 6.07) is -0.896. The molecule has 0 aromatic carbocycles. The van der Waals surface area contributed by atoms with E-state index in [0.717, 1.165) is 17.8 Å². The monoisotopic (exact) mass is 622 g/mol. The molecule has 0 saturated heterocycles. The van der Waals surface area contributed by atoms with Crippen LogP contribution in [0.2, 0.25) is 0 Å². The second kappa shape index (κ2) is 16.5. The van der Waals surface area contributed by atoms with Gasteiger partial charge in [-0.25, -0.2) is 9.78 Å². The molecule has 3 atom stereocenters. The van der Waals surface area contributed by atoms with E-state index in [0.29, 0.717) is 35.1 Å². The maximum absolute atomic E-state index is 13.3. The van der Waals surface area contributed by atoms with Gasteiger partial charge in [0.2, 0.25) is 11.8 Å². The highest BCUT2D eigenvalue weighted by Crippen LogP contribution is 2.32. The van der Waals surface area contributed by atoms with Crippen LogP contribution in [0.5, 0.6) is 0 Å². The van der Waals surface area contributed by atoms with Crippen LogP contribution in [-0.2, 0) is 30.5 Å². The summed E-state index contributed by atoms with van der Waals surface area (Å²) in [6.07, 6.45) is 9.42. The number of thiazole rings is 1. The van der Waals surface area contributed by atoms with Crippen molar-refractivity contribution in [1.29, 1.82) is 0 Å². The minimum atomic E-state index is -1.04. The smallest absolute Gasteiger partial charge is 0.329 e. The molecule has 0 radical (unpaired) electrons. The summed E-state index contributed by atoms with van der Waals surface area (Å²) >= 11 is 4.18. The second-order valence-corrected chi connectivity index (χ2v) is 13.9. The molecule has 0 spiro atoms. The number of hydrogen-bond acceptors (Lipinski definition) is 10. The van der Waals surface area contributed by atoms with Gasteiger partial charge in [-0.1, -0.05) is 64.3 Å². The van der Waals surface area contributed by atoms with E-state index in [2.05, 4.69) is 27.5 Å². The van der Waals surface area contributed by atoms with Crippen molar-refractivity contribution in [3.05, 3.63) is 28.2 Å². The van der Waals surface area contributed by atoms with E-state index in [4.69, 9.17) is 4.74 Å². The van der Waals surface area contributed by atoms with Gasteiger partial charge in [0.15, 0.2) is 5.12 Å². The minimum Gasteiger partial charge on any atom is -0.456 e. The standard InChI is InChI=1S/C29H42N4O5S3/c1-5-6-7-8-9-13-24(35)39-14-11-10-12-20-15-22(34)30-16-23-31-21(17-40-23)26-33-29(4,18-41-26)28(37)32-25(19(2)3)27(36)38-20/h10,12,17,19-20,25H,5-9,11,13-16,18H2,1-4H3,(H,30,34)(H,32,37)/b12-10+/t20-,25?,29+/m0/s1. The number of allylic oxidation sites excluding steroid dienone is 1. The molecule has 2 aliphatic rings. The number of hydrogen-bond donors (Lipinski definition) is 2. The van der Waals surface area contributed by atoms with Crippen LogP contribution in [0, 0.1) is 5.92 Å². The van der Waals surface area contributed by atoms with Crippen LogP contribution in [-0.4, -0.2) is 62.1 Å². The Balaban J connectivity index is 1.66. The molecule has 226 valence electrons. The Kier molecular flexibility index (Phi) is 13.4. The molecular formula is C29H42N4O5S3. The number of unbranched alkanes of at least 4 members (excludes halogenated alkanes) is 4. The number of rotatable bonds is 11. The van der Waals surface area contributed by atoms with Crippen LogP contribution in [0.15, 0.2) is 22.5 Å². The molecule has 41 heavy (non-hydrogen) atoms. The first-order valence-corrected chi connectivity index (χ1v) is 17.2. The van der Waals surface area contributed by atoms with Gasteiger partial charge in [-0.05, 0) is 31.8 Å². The average molecular weight is 623 g/mol. The number of ether oxygens (including phenoxy) is 1. The lowest BCUT2D eigenvalue weighted by Gasteiger charge is -2.27. The molecule has 9 nitrogen and oxygen atoms in total. The van der Waals surface area contributed by atoms with Crippen molar-refractivity contribution in [3.63, 3.8) is 0 Å². The van der Waals surface area contributed by atoms with Crippen molar-refractivity contribution >= 4 is 62.8 Å². The van der Waals surface area contributed by atoms with E-state index in [9.17, 15) is 19.2 Å². The lowest BCUT2D eigenvalue weighted by atomic mass is 10.0. The van der Waals surface area contributed by atoms with Gasteiger partial charge < -0.3 is 15.4 Å². The summed E-state index contributed by atoms with van der Waals surface area (Å²) in [5, 5.41) is 9.17. The van der Waals surface area contributed by atoms with Gasteiger partial charge in [0.1, 0.15) is 33.4 Å². The number of esters is 1. The van der Waals surface area contributed by atoms with Gasteiger partial charge in [0, 0.05) is 23.3 Å². The van der Waals surface area contributed by atoms with Crippen LogP contribution >= 0.6 is 34.9 Å². The first-order chi connectivity index (χ1) is 19.6. The third kappa shape index (κ3) is 10.6. The molecule has 2 aliphatic heterocycles. The largest absolute Gasteiger partial charge is 0.456 e. The predicted octanol–water partition coefficient (Wildman–Crippen LogP) is 5.03. The summed E-state index contributed by atoms with van der Waals surface area (Å²) in [6.45, 7) is 7.83. The second-order valence-electron chi connectivity index (χ2n) is 10.9. The highest BCUT2D eigenvalue weighted by atomic mass is 32.2. The molecule has 1 aromatic heterocycles. The van der Waals surface area contributed by atoms with E-state index in [1.807, 2.05) is 25.3 Å². The molecule has 2 amide bonds. The third-order valence-corrected chi connectivity index (χ3v) is 9.87. The normalized spacial score (nSPS) is 23.8. The van der Waals surface area contributed by atoms with Crippen LogP contribution in [0.1, 0.15) is 89.8 Å². The number of cyclic esters (lactones) is 1. The predicted molar refractivity (Wildman–Crippen MR) is 167 cm³/mol. The highest BCUT2D eigenvalue weighted by molar-refractivity contribution is 8.14.